The van der Waals surface area contributed by atoms with Crippen LogP contribution in [0.3, 0.4) is 0 Å². The molecule has 0 aromatic carbocycles. The lowest BCUT2D eigenvalue weighted by Gasteiger charge is -2.59. The van der Waals surface area contributed by atoms with E-state index in [0.717, 1.165) is 42.4 Å². The van der Waals surface area contributed by atoms with Gasteiger partial charge in [-0.15, -0.1) is 0 Å². The van der Waals surface area contributed by atoms with E-state index in [1.165, 1.54) is 57.4 Å². The van der Waals surface area contributed by atoms with Crippen molar-refractivity contribution in [2.24, 2.45) is 40.4 Å². The summed E-state index contributed by atoms with van der Waals surface area (Å²) in [5.74, 6) is 4.37. The SMILES string of the molecule is C[C@H](CCC[Si@H](C)CO)[C@H]1CC[C@H]2[C@@H]3CC=C4C[C@@](C)(O)CC[C@]4(C)[C@H]3CC[C@]12C. The molecule has 0 aromatic rings. The fourth-order valence-corrected chi connectivity index (χ4v) is 9.98. The summed E-state index contributed by atoms with van der Waals surface area (Å²) in [5, 5.41) is 20.1. The molecule has 9 atom stereocenters. The largest absolute Gasteiger partial charge is 0.400 e. The summed E-state index contributed by atoms with van der Waals surface area (Å²) in [6.07, 6.45) is 15.8. The number of hydrogen-bond donors (Lipinski definition) is 2. The van der Waals surface area contributed by atoms with Gasteiger partial charge in [0.2, 0.25) is 0 Å². The van der Waals surface area contributed by atoms with Crippen LogP contribution < -0.4 is 0 Å². The van der Waals surface area contributed by atoms with Gasteiger partial charge in [-0.25, -0.2) is 0 Å². The van der Waals surface area contributed by atoms with Crippen LogP contribution in [0.1, 0.15) is 91.9 Å². The van der Waals surface area contributed by atoms with Crippen molar-refractivity contribution in [3.8, 4) is 0 Å². The maximum absolute atomic E-state index is 10.7. The van der Waals surface area contributed by atoms with E-state index >= 15 is 0 Å². The predicted octanol–water partition coefficient (Wildman–Crippen LogP) is 6.12. The summed E-state index contributed by atoms with van der Waals surface area (Å²) >= 11 is 0. The first-order chi connectivity index (χ1) is 14.1. The summed E-state index contributed by atoms with van der Waals surface area (Å²) in [4.78, 5) is 0. The van der Waals surface area contributed by atoms with E-state index in [1.54, 1.807) is 5.57 Å². The van der Waals surface area contributed by atoms with Crippen LogP contribution in [0.2, 0.25) is 12.6 Å². The number of rotatable bonds is 6. The fraction of sp³-hybridized carbons (Fsp3) is 0.926. The van der Waals surface area contributed by atoms with Crippen LogP contribution in [0, 0.1) is 40.4 Å². The molecule has 0 bridgehead atoms. The topological polar surface area (TPSA) is 40.5 Å². The Bertz CT molecular complexity index is 657. The lowest BCUT2D eigenvalue weighted by molar-refractivity contribution is -0.0705. The molecule has 0 unspecified atom stereocenters. The standard InChI is InChI=1S/C27H48O2Si/c1-19(7-6-16-30(5)18-28)22-10-11-23-21-9-8-20-17-25(2,29)14-15-26(20,3)24(21)12-13-27(22,23)4/h8,19,21-24,28-30H,6-7,9-18H2,1-5H3/t19-,21+,22-,23+,24+,25+,26+,27-,30+/m1/s1. The van der Waals surface area contributed by atoms with Gasteiger partial charge < -0.3 is 10.2 Å². The molecule has 4 rings (SSSR count). The first-order valence-corrected chi connectivity index (χ1v) is 15.9. The maximum atomic E-state index is 10.7. The number of hydrogen-bond acceptors (Lipinski definition) is 2. The average molecular weight is 433 g/mol. The molecule has 3 heteroatoms. The molecule has 0 radical (unpaired) electrons. The first-order valence-electron chi connectivity index (χ1n) is 13.1. The Balaban J connectivity index is 1.47. The van der Waals surface area contributed by atoms with E-state index in [-0.39, 0.29) is 0 Å². The molecule has 3 fully saturated rings. The summed E-state index contributed by atoms with van der Waals surface area (Å²) in [6.45, 7) is 12.1. The second-order valence-electron chi connectivity index (χ2n) is 12.9. The normalized spacial score (nSPS) is 47.6. The minimum atomic E-state index is -0.843. The Morgan fingerprint density at radius 1 is 1.10 bits per heavy atom. The minimum absolute atomic E-state index is 0.348. The lowest BCUT2D eigenvalue weighted by atomic mass is 9.46. The summed E-state index contributed by atoms with van der Waals surface area (Å²) in [5.41, 5.74) is 2.00. The molecule has 4 aliphatic rings. The Morgan fingerprint density at radius 2 is 1.87 bits per heavy atom. The molecule has 0 amide bonds. The third-order valence-electron chi connectivity index (χ3n) is 10.8. The maximum Gasteiger partial charge on any atom is 0.0657 e. The molecular formula is C27H48O2Si. The molecule has 0 heterocycles. The molecule has 172 valence electrons. The lowest BCUT2D eigenvalue weighted by Crippen LogP contribution is -2.52. The van der Waals surface area contributed by atoms with Crippen LogP contribution in [0.4, 0.5) is 0 Å². The Morgan fingerprint density at radius 3 is 2.60 bits per heavy atom. The molecule has 2 nitrogen and oxygen atoms in total. The average Bonchev–Trinajstić information content (AvgIpc) is 3.05. The van der Waals surface area contributed by atoms with Crippen molar-refractivity contribution >= 4 is 8.80 Å². The molecule has 4 aliphatic carbocycles. The van der Waals surface area contributed by atoms with E-state index < -0.39 is 14.4 Å². The van der Waals surface area contributed by atoms with Crippen molar-refractivity contribution in [3.63, 3.8) is 0 Å². The van der Waals surface area contributed by atoms with Crippen LogP contribution in [0.5, 0.6) is 0 Å². The van der Waals surface area contributed by atoms with Gasteiger partial charge in [-0.3, -0.25) is 0 Å². The molecule has 3 saturated carbocycles. The van der Waals surface area contributed by atoms with Crippen molar-refractivity contribution in [1.82, 2.24) is 0 Å². The number of allylic oxidation sites excluding steroid dienone is 1. The van der Waals surface area contributed by atoms with Gasteiger partial charge in [-0.05, 0) is 98.7 Å². The van der Waals surface area contributed by atoms with E-state index in [1.807, 2.05) is 6.92 Å². The van der Waals surface area contributed by atoms with E-state index in [0.29, 0.717) is 17.1 Å². The molecule has 0 aliphatic heterocycles. The molecular weight excluding hydrogens is 384 g/mol. The predicted molar refractivity (Wildman–Crippen MR) is 129 cm³/mol. The van der Waals surface area contributed by atoms with Gasteiger partial charge in [0.15, 0.2) is 0 Å². The number of fused-ring (bicyclic) bond motifs is 5. The van der Waals surface area contributed by atoms with Crippen LogP contribution in [0.15, 0.2) is 11.6 Å². The van der Waals surface area contributed by atoms with Crippen LogP contribution in [0.25, 0.3) is 0 Å². The second kappa shape index (κ2) is 8.34. The highest BCUT2D eigenvalue weighted by Gasteiger charge is 2.59. The van der Waals surface area contributed by atoms with Crippen molar-refractivity contribution in [1.29, 1.82) is 0 Å². The number of aliphatic hydroxyl groups is 2. The zero-order chi connectivity index (χ0) is 21.7. The monoisotopic (exact) mass is 432 g/mol. The quantitative estimate of drug-likeness (QED) is 0.392. The minimum Gasteiger partial charge on any atom is -0.400 e. The zero-order valence-electron chi connectivity index (χ0n) is 20.4. The summed E-state index contributed by atoms with van der Waals surface area (Å²) in [7, 11) is -0.843. The van der Waals surface area contributed by atoms with E-state index in [2.05, 4.69) is 33.4 Å². The van der Waals surface area contributed by atoms with Gasteiger partial charge >= 0.3 is 0 Å². The Hall–Kier alpha value is -0.123. The van der Waals surface area contributed by atoms with Crippen molar-refractivity contribution < 1.29 is 10.2 Å². The molecule has 30 heavy (non-hydrogen) atoms. The highest BCUT2D eigenvalue weighted by atomic mass is 28.3. The van der Waals surface area contributed by atoms with Crippen LogP contribution in [-0.4, -0.2) is 30.8 Å². The van der Waals surface area contributed by atoms with Crippen molar-refractivity contribution in [3.05, 3.63) is 11.6 Å². The second-order valence-corrected chi connectivity index (χ2v) is 16.0. The van der Waals surface area contributed by atoms with Gasteiger partial charge in [-0.1, -0.05) is 57.9 Å². The third kappa shape index (κ3) is 3.90. The van der Waals surface area contributed by atoms with Gasteiger partial charge in [0.25, 0.3) is 0 Å². The summed E-state index contributed by atoms with van der Waals surface area (Å²) in [6, 6.07) is 1.31. The molecule has 0 aromatic heterocycles. The van der Waals surface area contributed by atoms with Crippen molar-refractivity contribution in [2.45, 2.75) is 110 Å². The molecule has 0 spiro atoms. The molecule has 0 saturated heterocycles. The Labute approximate surface area is 187 Å². The summed E-state index contributed by atoms with van der Waals surface area (Å²) < 4.78 is 0. The number of aliphatic hydroxyl groups excluding tert-OH is 1. The smallest absolute Gasteiger partial charge is 0.0657 e. The Kier molecular flexibility index (Phi) is 6.41. The fourth-order valence-electron chi connectivity index (χ4n) is 8.86. The highest BCUT2D eigenvalue weighted by Crippen LogP contribution is 2.67. The van der Waals surface area contributed by atoms with Crippen LogP contribution in [-0.2, 0) is 0 Å². The highest BCUT2D eigenvalue weighted by molar-refractivity contribution is 6.57. The van der Waals surface area contributed by atoms with E-state index in [9.17, 15) is 10.2 Å². The van der Waals surface area contributed by atoms with E-state index in [4.69, 9.17) is 0 Å². The zero-order valence-corrected chi connectivity index (χ0v) is 21.6. The van der Waals surface area contributed by atoms with Crippen LogP contribution >= 0.6 is 0 Å². The third-order valence-corrected chi connectivity index (χ3v) is 12.8. The van der Waals surface area contributed by atoms with Gasteiger partial charge in [-0.2, -0.15) is 0 Å². The molecule has 2 N–H and O–H groups in total. The van der Waals surface area contributed by atoms with Gasteiger partial charge in [0.1, 0.15) is 0 Å². The van der Waals surface area contributed by atoms with Crippen molar-refractivity contribution in [2.75, 3.05) is 6.23 Å². The van der Waals surface area contributed by atoms with Gasteiger partial charge in [0, 0.05) is 6.23 Å². The van der Waals surface area contributed by atoms with Gasteiger partial charge in [0.05, 0.1) is 14.4 Å². The first kappa shape index (κ1) is 23.0.